The molecule has 1 saturated heterocycles. The average Bonchev–Trinajstić information content (AvgIpc) is 3.07. The second-order valence-electron chi connectivity index (χ2n) is 6.75. The van der Waals surface area contributed by atoms with Gasteiger partial charge in [-0.1, -0.05) is 75.5 Å². The lowest BCUT2D eigenvalue weighted by atomic mass is 9.87. The number of carbonyl (C=O) groups is 2. The normalized spacial score (nSPS) is 18.2. The van der Waals surface area contributed by atoms with Crippen LogP contribution in [0, 0.1) is 0 Å². The van der Waals surface area contributed by atoms with Gasteiger partial charge < -0.3 is 5.32 Å². The van der Waals surface area contributed by atoms with Gasteiger partial charge >= 0.3 is 6.03 Å². The molecular weight excluding hydrogens is 489 g/mol. The highest BCUT2D eigenvalue weighted by molar-refractivity contribution is 9.10. The van der Waals surface area contributed by atoms with E-state index in [0.717, 1.165) is 4.47 Å². The van der Waals surface area contributed by atoms with Crippen LogP contribution in [0.4, 0.5) is 10.5 Å². The Labute approximate surface area is 192 Å². The van der Waals surface area contributed by atoms with Crippen LogP contribution in [0.15, 0.2) is 77.3 Å². The number of nitrogens with zero attached hydrogens (tertiary/aromatic N) is 1. The fourth-order valence-electron chi connectivity index (χ4n) is 3.52. The van der Waals surface area contributed by atoms with Crippen molar-refractivity contribution in [2.24, 2.45) is 0 Å². The lowest BCUT2D eigenvalue weighted by Gasteiger charge is -2.27. The molecule has 0 aliphatic carbocycles. The zero-order valence-corrected chi connectivity index (χ0v) is 18.6. The van der Waals surface area contributed by atoms with Crippen molar-refractivity contribution >= 4 is 56.8 Å². The SMILES string of the molecule is O=C1NN(C(=O)Nc2ccc(Br)cc2)[C@H](c2ccccc2Cl)[C@H]1c1ccccc1Cl. The molecule has 3 amide bonds. The summed E-state index contributed by atoms with van der Waals surface area (Å²) in [5.41, 5.74) is 4.56. The molecule has 1 fully saturated rings. The summed E-state index contributed by atoms with van der Waals surface area (Å²) in [6.45, 7) is 0. The van der Waals surface area contributed by atoms with Crippen LogP contribution in [-0.4, -0.2) is 16.9 Å². The van der Waals surface area contributed by atoms with Crippen LogP contribution in [0.25, 0.3) is 0 Å². The van der Waals surface area contributed by atoms with E-state index < -0.39 is 18.0 Å². The molecule has 4 rings (SSSR count). The highest BCUT2D eigenvalue weighted by Crippen LogP contribution is 2.44. The summed E-state index contributed by atoms with van der Waals surface area (Å²) in [6, 6.07) is 20.2. The van der Waals surface area contributed by atoms with E-state index in [2.05, 4.69) is 26.7 Å². The van der Waals surface area contributed by atoms with Crippen LogP contribution in [0.1, 0.15) is 23.1 Å². The van der Waals surface area contributed by atoms with Gasteiger partial charge in [0.05, 0.1) is 12.0 Å². The van der Waals surface area contributed by atoms with E-state index in [1.807, 2.05) is 24.3 Å². The molecule has 1 heterocycles. The number of halogens is 3. The molecule has 0 bridgehead atoms. The molecule has 2 N–H and O–H groups in total. The van der Waals surface area contributed by atoms with Crippen LogP contribution < -0.4 is 10.7 Å². The molecule has 0 unspecified atom stereocenters. The molecule has 1 aliphatic heterocycles. The Morgan fingerprint density at radius 2 is 1.47 bits per heavy atom. The smallest absolute Gasteiger partial charge is 0.306 e. The maximum absolute atomic E-state index is 13.1. The Morgan fingerprint density at radius 3 is 2.07 bits per heavy atom. The number of nitrogens with one attached hydrogen (secondary N) is 2. The Morgan fingerprint density at radius 1 is 0.900 bits per heavy atom. The Bertz CT molecular complexity index is 1110. The van der Waals surface area contributed by atoms with Crippen molar-refractivity contribution in [1.29, 1.82) is 0 Å². The average molecular weight is 505 g/mol. The third-order valence-electron chi connectivity index (χ3n) is 4.89. The fraction of sp³-hybridized carbons (Fsp3) is 0.0909. The van der Waals surface area contributed by atoms with Gasteiger partial charge in [-0.25, -0.2) is 9.80 Å². The molecule has 3 aromatic carbocycles. The summed E-state index contributed by atoms with van der Waals surface area (Å²) in [5.74, 6) is -1.05. The zero-order valence-electron chi connectivity index (χ0n) is 15.5. The number of anilines is 1. The standard InChI is InChI=1S/C22H16BrCl2N3O2/c23-13-9-11-14(12-10-13)26-22(30)28-20(16-6-2-4-8-18(16)25)19(21(29)27-28)15-5-1-3-7-17(15)24/h1-12,19-20H,(H,26,30)(H,27,29)/t19-,20-/m1/s1. The largest absolute Gasteiger partial charge is 0.341 e. The first-order valence-electron chi connectivity index (χ1n) is 9.11. The van der Waals surface area contributed by atoms with Crippen molar-refractivity contribution in [2.45, 2.75) is 12.0 Å². The first kappa shape index (κ1) is 20.7. The molecule has 2 atom stereocenters. The molecular formula is C22H16BrCl2N3O2. The van der Waals surface area contributed by atoms with Crippen molar-refractivity contribution in [3.63, 3.8) is 0 Å². The van der Waals surface area contributed by atoms with Gasteiger partial charge in [0.2, 0.25) is 5.91 Å². The van der Waals surface area contributed by atoms with E-state index in [4.69, 9.17) is 23.2 Å². The highest BCUT2D eigenvalue weighted by Gasteiger charge is 2.46. The maximum atomic E-state index is 13.1. The van der Waals surface area contributed by atoms with Crippen LogP contribution in [0.3, 0.4) is 0 Å². The monoisotopic (exact) mass is 503 g/mol. The molecule has 0 aromatic heterocycles. The van der Waals surface area contributed by atoms with Gasteiger partial charge in [-0.3, -0.25) is 10.2 Å². The first-order chi connectivity index (χ1) is 14.5. The number of benzene rings is 3. The van der Waals surface area contributed by atoms with Crippen molar-refractivity contribution in [3.8, 4) is 0 Å². The van der Waals surface area contributed by atoms with Crippen LogP contribution in [0.2, 0.25) is 10.0 Å². The van der Waals surface area contributed by atoms with Gasteiger partial charge in [-0.05, 0) is 47.5 Å². The van der Waals surface area contributed by atoms with Crippen LogP contribution in [-0.2, 0) is 4.79 Å². The summed E-state index contributed by atoms with van der Waals surface area (Å²) in [5, 5.41) is 5.00. The van der Waals surface area contributed by atoms with Gasteiger partial charge in [0.15, 0.2) is 0 Å². The van der Waals surface area contributed by atoms with Gasteiger partial charge in [-0.15, -0.1) is 0 Å². The number of hydrazine groups is 1. The number of rotatable bonds is 3. The Hall–Kier alpha value is -2.54. The van der Waals surface area contributed by atoms with Crippen LogP contribution >= 0.6 is 39.1 Å². The predicted molar refractivity (Wildman–Crippen MR) is 122 cm³/mol. The van der Waals surface area contributed by atoms with Gasteiger partial charge in [0.1, 0.15) is 0 Å². The Kier molecular flexibility index (Phi) is 5.99. The summed E-state index contributed by atoms with van der Waals surface area (Å²) in [7, 11) is 0. The van der Waals surface area contributed by atoms with Gasteiger partial charge in [0.25, 0.3) is 0 Å². The van der Waals surface area contributed by atoms with Crippen molar-refractivity contribution in [1.82, 2.24) is 10.4 Å². The summed E-state index contributed by atoms with van der Waals surface area (Å²) in [6.07, 6.45) is 0. The highest BCUT2D eigenvalue weighted by atomic mass is 79.9. The van der Waals surface area contributed by atoms with Gasteiger partial charge in [0, 0.05) is 20.2 Å². The summed E-state index contributed by atoms with van der Waals surface area (Å²) >= 11 is 16.2. The third-order valence-corrected chi connectivity index (χ3v) is 6.10. The second kappa shape index (κ2) is 8.68. The first-order valence-corrected chi connectivity index (χ1v) is 10.7. The second-order valence-corrected chi connectivity index (χ2v) is 8.48. The fourth-order valence-corrected chi connectivity index (χ4v) is 4.28. The minimum Gasteiger partial charge on any atom is -0.306 e. The van der Waals surface area contributed by atoms with E-state index in [9.17, 15) is 9.59 Å². The van der Waals surface area contributed by atoms with E-state index in [0.29, 0.717) is 26.9 Å². The van der Waals surface area contributed by atoms with E-state index in [-0.39, 0.29) is 5.91 Å². The van der Waals surface area contributed by atoms with Crippen molar-refractivity contribution < 1.29 is 9.59 Å². The van der Waals surface area contributed by atoms with Crippen LogP contribution in [0.5, 0.6) is 0 Å². The van der Waals surface area contributed by atoms with Crippen molar-refractivity contribution in [2.75, 3.05) is 5.32 Å². The zero-order chi connectivity index (χ0) is 21.3. The number of urea groups is 1. The maximum Gasteiger partial charge on any atom is 0.341 e. The predicted octanol–water partition coefficient (Wildman–Crippen LogP) is 6.16. The van der Waals surface area contributed by atoms with E-state index in [1.165, 1.54) is 5.01 Å². The molecule has 5 nitrogen and oxygen atoms in total. The minimum absolute atomic E-state index is 0.334. The molecule has 1 aliphatic rings. The molecule has 152 valence electrons. The lowest BCUT2D eigenvalue weighted by Crippen LogP contribution is -2.42. The Balaban J connectivity index is 1.75. The number of hydrogen-bond acceptors (Lipinski definition) is 2. The number of hydrogen-bond donors (Lipinski definition) is 2. The summed E-state index contributed by atoms with van der Waals surface area (Å²) < 4.78 is 0.891. The lowest BCUT2D eigenvalue weighted by molar-refractivity contribution is -0.121. The number of carbonyl (C=O) groups excluding carboxylic acids is 2. The molecule has 0 saturated carbocycles. The van der Waals surface area contributed by atoms with Gasteiger partial charge in [-0.2, -0.15) is 0 Å². The molecule has 0 spiro atoms. The minimum atomic E-state index is -0.714. The number of amides is 3. The summed E-state index contributed by atoms with van der Waals surface area (Å²) in [4.78, 5) is 26.1. The van der Waals surface area contributed by atoms with Crippen molar-refractivity contribution in [3.05, 3.63) is 98.4 Å². The topological polar surface area (TPSA) is 61.4 Å². The molecule has 8 heteroatoms. The molecule has 0 radical (unpaired) electrons. The third kappa shape index (κ3) is 4.03. The molecule has 3 aromatic rings. The molecule has 30 heavy (non-hydrogen) atoms. The van der Waals surface area contributed by atoms with E-state index in [1.54, 1.807) is 48.5 Å². The van der Waals surface area contributed by atoms with E-state index >= 15 is 0 Å². The quantitative estimate of drug-likeness (QED) is 0.448.